The Morgan fingerprint density at radius 3 is 2.64 bits per heavy atom. The third kappa shape index (κ3) is 3.43. The number of likely N-dealkylation sites (N-methyl/N-ethyl adjacent to an activating group) is 1. The van der Waals surface area contributed by atoms with Gasteiger partial charge in [-0.2, -0.15) is 0 Å². The number of rotatable bonds is 7. The topological polar surface area (TPSA) is 15.3 Å². The Labute approximate surface area is 88.4 Å². The van der Waals surface area contributed by atoms with Crippen molar-refractivity contribution in [2.45, 2.75) is 38.8 Å². The van der Waals surface area contributed by atoms with Gasteiger partial charge < -0.3 is 5.32 Å². The number of hydrogen-bond acceptors (Lipinski definition) is 2. The largest absolute Gasteiger partial charge is 0.312 e. The average Bonchev–Trinajstić information content (AvgIpc) is 2.99. The molecule has 1 saturated carbocycles. The molecule has 2 heteroatoms. The molecule has 1 N–H and O–H groups in total. The van der Waals surface area contributed by atoms with Crippen molar-refractivity contribution in [1.29, 1.82) is 0 Å². The third-order valence-electron chi connectivity index (χ3n) is 3.37. The third-order valence-corrected chi connectivity index (χ3v) is 3.37. The molecule has 0 aliphatic heterocycles. The van der Waals surface area contributed by atoms with Crippen molar-refractivity contribution in [2.75, 3.05) is 20.1 Å². The Balaban J connectivity index is 2.20. The summed E-state index contributed by atoms with van der Waals surface area (Å²) in [4.78, 5) is 2.49. The fourth-order valence-corrected chi connectivity index (χ4v) is 1.85. The van der Waals surface area contributed by atoms with Gasteiger partial charge >= 0.3 is 0 Å². The quantitative estimate of drug-likeness (QED) is 0.494. The molecule has 0 aromatic carbocycles. The summed E-state index contributed by atoms with van der Waals surface area (Å²) in [6.07, 6.45) is 4.77. The molecule has 1 rings (SSSR count). The summed E-state index contributed by atoms with van der Waals surface area (Å²) in [6.45, 7) is 10.3. The van der Waals surface area contributed by atoms with Crippen molar-refractivity contribution in [3.05, 3.63) is 12.7 Å². The molecule has 0 spiro atoms. The number of nitrogens with one attached hydrogen (secondary N) is 1. The molecule has 2 atom stereocenters. The summed E-state index contributed by atoms with van der Waals surface area (Å²) in [5.74, 6) is 0.960. The molecule has 14 heavy (non-hydrogen) atoms. The van der Waals surface area contributed by atoms with Crippen LogP contribution in [0.5, 0.6) is 0 Å². The zero-order chi connectivity index (χ0) is 10.6. The second kappa shape index (κ2) is 5.52. The first kappa shape index (κ1) is 11.7. The van der Waals surface area contributed by atoms with E-state index in [1.54, 1.807) is 0 Å². The summed E-state index contributed by atoms with van der Waals surface area (Å²) in [6, 6.07) is 1.36. The van der Waals surface area contributed by atoms with Crippen molar-refractivity contribution in [3.8, 4) is 0 Å². The highest BCUT2D eigenvalue weighted by Crippen LogP contribution is 2.35. The molecule has 0 saturated heterocycles. The van der Waals surface area contributed by atoms with Crippen molar-refractivity contribution in [1.82, 2.24) is 10.2 Å². The lowest BCUT2D eigenvalue weighted by Gasteiger charge is -2.31. The Bertz CT molecular complexity index is 175. The maximum absolute atomic E-state index is 3.70. The molecule has 0 amide bonds. The summed E-state index contributed by atoms with van der Waals surface area (Å²) in [5, 5.41) is 3.37. The van der Waals surface area contributed by atoms with E-state index in [0.717, 1.165) is 25.0 Å². The lowest BCUT2D eigenvalue weighted by molar-refractivity contribution is 0.175. The molecule has 0 heterocycles. The number of hydrogen-bond donors (Lipinski definition) is 1. The maximum Gasteiger partial charge on any atom is 0.0192 e. The Morgan fingerprint density at radius 1 is 1.50 bits per heavy atom. The van der Waals surface area contributed by atoms with E-state index in [1.165, 1.54) is 12.8 Å². The van der Waals surface area contributed by atoms with Gasteiger partial charge in [0, 0.05) is 25.2 Å². The number of nitrogens with zero attached hydrogens (tertiary/aromatic N) is 1. The smallest absolute Gasteiger partial charge is 0.0192 e. The average molecular weight is 196 g/mol. The SMILES string of the molecule is C=CCNCC(C)N(C)C(C)C1CC1. The van der Waals surface area contributed by atoms with Crippen LogP contribution >= 0.6 is 0 Å². The standard InChI is InChI=1S/C12H24N2/c1-5-8-13-9-10(2)14(4)11(3)12-6-7-12/h5,10-13H,1,6-9H2,2-4H3. The van der Waals surface area contributed by atoms with E-state index in [0.29, 0.717) is 6.04 Å². The fraction of sp³-hybridized carbons (Fsp3) is 0.833. The van der Waals surface area contributed by atoms with E-state index >= 15 is 0 Å². The maximum atomic E-state index is 3.70. The molecular weight excluding hydrogens is 172 g/mol. The van der Waals surface area contributed by atoms with Gasteiger partial charge in [-0.1, -0.05) is 6.08 Å². The van der Waals surface area contributed by atoms with E-state index in [1.807, 2.05) is 6.08 Å². The van der Waals surface area contributed by atoms with Gasteiger partial charge in [0.25, 0.3) is 0 Å². The van der Waals surface area contributed by atoms with Crippen LogP contribution in [0.2, 0.25) is 0 Å². The van der Waals surface area contributed by atoms with Gasteiger partial charge in [0.1, 0.15) is 0 Å². The minimum atomic E-state index is 0.616. The van der Waals surface area contributed by atoms with E-state index in [9.17, 15) is 0 Å². The van der Waals surface area contributed by atoms with E-state index in [2.05, 4.69) is 37.7 Å². The first-order chi connectivity index (χ1) is 6.66. The van der Waals surface area contributed by atoms with Crippen LogP contribution in [-0.4, -0.2) is 37.1 Å². The van der Waals surface area contributed by atoms with Crippen LogP contribution in [0.1, 0.15) is 26.7 Å². The minimum Gasteiger partial charge on any atom is -0.312 e. The molecule has 1 aliphatic carbocycles. The molecular formula is C12H24N2. The first-order valence-corrected chi connectivity index (χ1v) is 5.70. The Kier molecular flexibility index (Phi) is 4.63. The molecule has 0 bridgehead atoms. The van der Waals surface area contributed by atoms with E-state index in [4.69, 9.17) is 0 Å². The van der Waals surface area contributed by atoms with Gasteiger partial charge in [-0.15, -0.1) is 6.58 Å². The van der Waals surface area contributed by atoms with Crippen molar-refractivity contribution in [2.24, 2.45) is 5.92 Å². The van der Waals surface area contributed by atoms with Crippen LogP contribution in [0, 0.1) is 5.92 Å². The summed E-state index contributed by atoms with van der Waals surface area (Å²) in [7, 11) is 2.24. The van der Waals surface area contributed by atoms with Crippen molar-refractivity contribution >= 4 is 0 Å². The molecule has 1 fully saturated rings. The predicted octanol–water partition coefficient (Wildman–Crippen LogP) is 1.88. The van der Waals surface area contributed by atoms with E-state index in [-0.39, 0.29) is 0 Å². The van der Waals surface area contributed by atoms with Crippen LogP contribution in [0.25, 0.3) is 0 Å². The lowest BCUT2D eigenvalue weighted by atomic mass is 10.1. The Morgan fingerprint density at radius 2 is 2.14 bits per heavy atom. The van der Waals surface area contributed by atoms with Crippen molar-refractivity contribution in [3.63, 3.8) is 0 Å². The van der Waals surface area contributed by atoms with Gasteiger partial charge in [0.2, 0.25) is 0 Å². The summed E-state index contributed by atoms with van der Waals surface area (Å²) in [5.41, 5.74) is 0. The van der Waals surface area contributed by atoms with E-state index < -0.39 is 0 Å². The van der Waals surface area contributed by atoms with Gasteiger partial charge in [0.15, 0.2) is 0 Å². The second-order valence-corrected chi connectivity index (χ2v) is 4.54. The zero-order valence-electron chi connectivity index (χ0n) is 9.79. The van der Waals surface area contributed by atoms with Crippen molar-refractivity contribution < 1.29 is 0 Å². The molecule has 2 unspecified atom stereocenters. The van der Waals surface area contributed by atoms with Gasteiger partial charge in [-0.05, 0) is 39.7 Å². The summed E-state index contributed by atoms with van der Waals surface area (Å²) >= 11 is 0. The molecule has 0 aromatic rings. The van der Waals surface area contributed by atoms with Gasteiger partial charge in [-0.25, -0.2) is 0 Å². The molecule has 82 valence electrons. The fourth-order valence-electron chi connectivity index (χ4n) is 1.85. The van der Waals surface area contributed by atoms with Crippen LogP contribution in [0.4, 0.5) is 0 Å². The first-order valence-electron chi connectivity index (χ1n) is 5.70. The monoisotopic (exact) mass is 196 g/mol. The van der Waals surface area contributed by atoms with Crippen LogP contribution < -0.4 is 5.32 Å². The lowest BCUT2D eigenvalue weighted by Crippen LogP contribution is -2.43. The van der Waals surface area contributed by atoms with Crippen LogP contribution in [0.3, 0.4) is 0 Å². The zero-order valence-corrected chi connectivity index (χ0v) is 9.79. The minimum absolute atomic E-state index is 0.616. The van der Waals surface area contributed by atoms with Crippen LogP contribution in [0.15, 0.2) is 12.7 Å². The molecule has 0 aromatic heterocycles. The predicted molar refractivity (Wildman–Crippen MR) is 62.5 cm³/mol. The normalized spacial score (nSPS) is 20.9. The highest BCUT2D eigenvalue weighted by molar-refractivity contribution is 4.86. The highest BCUT2D eigenvalue weighted by Gasteiger charge is 2.31. The second-order valence-electron chi connectivity index (χ2n) is 4.54. The van der Waals surface area contributed by atoms with Gasteiger partial charge in [0.05, 0.1) is 0 Å². The van der Waals surface area contributed by atoms with Gasteiger partial charge in [-0.3, -0.25) is 4.90 Å². The Hall–Kier alpha value is -0.340. The molecule has 0 radical (unpaired) electrons. The van der Waals surface area contributed by atoms with Crippen LogP contribution in [-0.2, 0) is 0 Å². The molecule has 2 nitrogen and oxygen atoms in total. The summed E-state index contributed by atoms with van der Waals surface area (Å²) < 4.78 is 0. The molecule has 1 aliphatic rings. The highest BCUT2D eigenvalue weighted by atomic mass is 15.2.